The molecule has 0 unspecified atom stereocenters. The Kier molecular flexibility index (Phi) is 5.98. The average molecular weight is 379 g/mol. The Morgan fingerprint density at radius 1 is 1.04 bits per heavy atom. The third kappa shape index (κ3) is 4.60. The van der Waals surface area contributed by atoms with Gasteiger partial charge in [-0.1, -0.05) is 31.2 Å². The topological polar surface area (TPSA) is 62.3 Å². The molecule has 0 saturated heterocycles. The van der Waals surface area contributed by atoms with Crippen LogP contribution in [0.4, 0.5) is 5.69 Å². The monoisotopic (exact) mass is 379 g/mol. The minimum absolute atomic E-state index is 0.0800. The quantitative estimate of drug-likeness (QED) is 0.701. The summed E-state index contributed by atoms with van der Waals surface area (Å²) in [6.07, 6.45) is 2.23. The van der Waals surface area contributed by atoms with Gasteiger partial charge in [-0.15, -0.1) is 11.3 Å². The molecule has 0 bridgehead atoms. The first-order valence-electron chi connectivity index (χ1n) is 8.71. The van der Waals surface area contributed by atoms with Crippen LogP contribution >= 0.6 is 11.3 Å². The third-order valence-electron chi connectivity index (χ3n) is 4.32. The van der Waals surface area contributed by atoms with E-state index in [2.05, 4.69) is 10.3 Å². The lowest BCUT2D eigenvalue weighted by Crippen LogP contribution is -2.24. The van der Waals surface area contributed by atoms with Gasteiger partial charge in [-0.3, -0.25) is 14.6 Å². The van der Waals surface area contributed by atoms with E-state index in [1.165, 1.54) is 11.3 Å². The second-order valence-corrected chi connectivity index (χ2v) is 7.05. The summed E-state index contributed by atoms with van der Waals surface area (Å²) in [6, 6.07) is 15.3. The van der Waals surface area contributed by atoms with E-state index < -0.39 is 0 Å². The lowest BCUT2D eigenvalue weighted by atomic mass is 10.0. The molecular weight excluding hydrogens is 358 g/mol. The van der Waals surface area contributed by atoms with Crippen molar-refractivity contribution >= 4 is 28.8 Å². The summed E-state index contributed by atoms with van der Waals surface area (Å²) in [7, 11) is 1.78. The van der Waals surface area contributed by atoms with Gasteiger partial charge in [-0.2, -0.15) is 0 Å². The molecule has 138 valence electrons. The van der Waals surface area contributed by atoms with Crippen LogP contribution in [0, 0.1) is 0 Å². The number of thiazole rings is 1. The SMILES string of the molecule is CCC(=O)N(C)c1ccc(-c2ccc(C(=O)NCc3cncs3)cc2)cc1. The minimum atomic E-state index is -0.106. The number of nitrogens with zero attached hydrogens (tertiary/aromatic N) is 2. The Morgan fingerprint density at radius 2 is 1.67 bits per heavy atom. The zero-order valence-corrected chi connectivity index (χ0v) is 16.1. The highest BCUT2D eigenvalue weighted by Gasteiger charge is 2.09. The molecule has 27 heavy (non-hydrogen) atoms. The Morgan fingerprint density at radius 3 is 2.22 bits per heavy atom. The lowest BCUT2D eigenvalue weighted by Gasteiger charge is -2.16. The Bertz CT molecular complexity index is 904. The summed E-state index contributed by atoms with van der Waals surface area (Å²) in [4.78, 5) is 30.7. The Hall–Kier alpha value is -2.99. The number of anilines is 1. The van der Waals surface area contributed by atoms with Crippen LogP contribution in [0.15, 0.2) is 60.2 Å². The molecular formula is C21H21N3O2S. The number of hydrogen-bond acceptors (Lipinski definition) is 4. The Balaban J connectivity index is 1.66. The van der Waals surface area contributed by atoms with Gasteiger partial charge in [0, 0.05) is 35.8 Å². The predicted molar refractivity (Wildman–Crippen MR) is 109 cm³/mol. The van der Waals surface area contributed by atoms with Crippen LogP contribution in [0.5, 0.6) is 0 Å². The van der Waals surface area contributed by atoms with E-state index in [0.717, 1.165) is 21.7 Å². The summed E-state index contributed by atoms with van der Waals surface area (Å²) < 4.78 is 0. The molecule has 0 aliphatic heterocycles. The second kappa shape index (κ2) is 8.60. The Labute approximate surface area is 162 Å². The van der Waals surface area contributed by atoms with Crippen molar-refractivity contribution in [2.45, 2.75) is 19.9 Å². The van der Waals surface area contributed by atoms with E-state index in [4.69, 9.17) is 0 Å². The van der Waals surface area contributed by atoms with Gasteiger partial charge < -0.3 is 10.2 Å². The molecule has 0 fully saturated rings. The fourth-order valence-corrected chi connectivity index (χ4v) is 3.21. The molecule has 5 nitrogen and oxygen atoms in total. The van der Waals surface area contributed by atoms with Crippen molar-refractivity contribution in [2.24, 2.45) is 0 Å². The lowest BCUT2D eigenvalue weighted by molar-refractivity contribution is -0.118. The first-order chi connectivity index (χ1) is 13.1. The summed E-state index contributed by atoms with van der Waals surface area (Å²) in [5, 5.41) is 2.89. The smallest absolute Gasteiger partial charge is 0.251 e. The van der Waals surface area contributed by atoms with E-state index in [-0.39, 0.29) is 11.8 Å². The molecule has 1 heterocycles. The van der Waals surface area contributed by atoms with Crippen molar-refractivity contribution in [2.75, 3.05) is 11.9 Å². The highest BCUT2D eigenvalue weighted by molar-refractivity contribution is 7.09. The van der Waals surface area contributed by atoms with Crippen molar-refractivity contribution in [3.63, 3.8) is 0 Å². The van der Waals surface area contributed by atoms with Crippen molar-refractivity contribution in [1.29, 1.82) is 0 Å². The van der Waals surface area contributed by atoms with E-state index in [1.54, 1.807) is 23.7 Å². The number of benzene rings is 2. The molecule has 0 saturated carbocycles. The molecule has 2 amide bonds. The molecule has 1 aromatic heterocycles. The summed E-state index contributed by atoms with van der Waals surface area (Å²) in [6.45, 7) is 2.33. The average Bonchev–Trinajstić information content (AvgIpc) is 3.25. The maximum atomic E-state index is 12.2. The molecule has 1 N–H and O–H groups in total. The highest BCUT2D eigenvalue weighted by Crippen LogP contribution is 2.23. The van der Waals surface area contributed by atoms with Crippen LogP contribution < -0.4 is 10.2 Å². The highest BCUT2D eigenvalue weighted by atomic mass is 32.1. The number of carbonyl (C=O) groups is 2. The largest absolute Gasteiger partial charge is 0.347 e. The summed E-state index contributed by atoms with van der Waals surface area (Å²) in [5.41, 5.74) is 5.29. The van der Waals surface area contributed by atoms with Crippen LogP contribution in [0.3, 0.4) is 0 Å². The summed E-state index contributed by atoms with van der Waals surface area (Å²) in [5.74, 6) is -0.0264. The van der Waals surface area contributed by atoms with Crippen LogP contribution in [0.25, 0.3) is 11.1 Å². The molecule has 3 rings (SSSR count). The number of carbonyl (C=O) groups excluding carboxylic acids is 2. The molecule has 6 heteroatoms. The fraction of sp³-hybridized carbons (Fsp3) is 0.190. The zero-order valence-electron chi connectivity index (χ0n) is 15.3. The van der Waals surface area contributed by atoms with Crippen LogP contribution in [-0.2, 0) is 11.3 Å². The van der Waals surface area contributed by atoms with E-state index in [0.29, 0.717) is 18.5 Å². The fourth-order valence-electron chi connectivity index (χ4n) is 2.67. The van der Waals surface area contributed by atoms with E-state index in [1.807, 2.05) is 55.5 Å². The molecule has 3 aromatic rings. The van der Waals surface area contributed by atoms with Crippen molar-refractivity contribution in [1.82, 2.24) is 10.3 Å². The number of amides is 2. The van der Waals surface area contributed by atoms with Gasteiger partial charge in [0.2, 0.25) is 5.91 Å². The van der Waals surface area contributed by atoms with E-state index in [9.17, 15) is 9.59 Å². The molecule has 0 radical (unpaired) electrons. The number of nitrogens with one attached hydrogen (secondary N) is 1. The standard InChI is InChI=1S/C21H21N3O2S/c1-3-20(25)24(2)18-10-8-16(9-11-18)15-4-6-17(7-5-15)21(26)23-13-19-12-22-14-27-19/h4-12,14H,3,13H2,1-2H3,(H,23,26). The van der Waals surface area contributed by atoms with Crippen molar-refractivity contribution in [3.8, 4) is 11.1 Å². The third-order valence-corrected chi connectivity index (χ3v) is 5.10. The predicted octanol–water partition coefficient (Wildman–Crippen LogP) is 4.11. The van der Waals surface area contributed by atoms with Gasteiger partial charge in [0.1, 0.15) is 0 Å². The van der Waals surface area contributed by atoms with Gasteiger partial charge in [-0.05, 0) is 35.4 Å². The van der Waals surface area contributed by atoms with Crippen LogP contribution in [0.1, 0.15) is 28.6 Å². The second-order valence-electron chi connectivity index (χ2n) is 6.08. The normalized spacial score (nSPS) is 10.4. The van der Waals surface area contributed by atoms with Gasteiger partial charge >= 0.3 is 0 Å². The molecule has 0 atom stereocenters. The van der Waals surface area contributed by atoms with Crippen molar-refractivity contribution < 1.29 is 9.59 Å². The summed E-state index contributed by atoms with van der Waals surface area (Å²) >= 11 is 1.52. The van der Waals surface area contributed by atoms with Gasteiger partial charge in [-0.25, -0.2) is 0 Å². The van der Waals surface area contributed by atoms with Gasteiger partial charge in [0.15, 0.2) is 0 Å². The number of rotatable bonds is 6. The van der Waals surface area contributed by atoms with Crippen LogP contribution in [-0.4, -0.2) is 23.8 Å². The van der Waals surface area contributed by atoms with Gasteiger partial charge in [0.25, 0.3) is 5.91 Å². The molecule has 0 aliphatic rings. The van der Waals surface area contributed by atoms with E-state index >= 15 is 0 Å². The molecule has 2 aromatic carbocycles. The first-order valence-corrected chi connectivity index (χ1v) is 9.59. The first kappa shape index (κ1) is 18.8. The number of aromatic nitrogens is 1. The van der Waals surface area contributed by atoms with Gasteiger partial charge in [0.05, 0.1) is 12.1 Å². The molecule has 0 aliphatic carbocycles. The maximum absolute atomic E-state index is 12.2. The zero-order chi connectivity index (χ0) is 19.2. The maximum Gasteiger partial charge on any atom is 0.251 e. The molecule has 0 spiro atoms. The van der Waals surface area contributed by atoms with Crippen molar-refractivity contribution in [3.05, 3.63) is 70.7 Å². The van der Waals surface area contributed by atoms with Crippen LogP contribution in [0.2, 0.25) is 0 Å². The number of hydrogen-bond donors (Lipinski definition) is 1. The minimum Gasteiger partial charge on any atom is -0.347 e.